The van der Waals surface area contributed by atoms with Gasteiger partial charge in [0, 0.05) is 30.5 Å². The average Bonchev–Trinajstić information content (AvgIpc) is 3.29. The molecule has 140 valence electrons. The quantitative estimate of drug-likeness (QED) is 0.884. The standard InChI is InChI=1S/C21H23N3O3/c1-2-27-17-7-5-15(6-8-17)21(26)24-13-14-10-18(19(24)11-14)23-20(25)16-4-3-9-22-12-16/h3-9,12,14,18-19H,2,10-11,13H2,1H3,(H,23,25)/t14-,18+,19-/m1/s1. The molecule has 1 aromatic carbocycles. The number of piperidine rings is 1. The predicted molar refractivity (Wildman–Crippen MR) is 101 cm³/mol. The maximum Gasteiger partial charge on any atom is 0.254 e. The van der Waals surface area contributed by atoms with Crippen LogP contribution in [0.5, 0.6) is 5.75 Å². The van der Waals surface area contributed by atoms with Gasteiger partial charge >= 0.3 is 0 Å². The highest BCUT2D eigenvalue weighted by Gasteiger charge is 2.47. The van der Waals surface area contributed by atoms with Crippen LogP contribution < -0.4 is 10.1 Å². The first-order valence-electron chi connectivity index (χ1n) is 9.40. The predicted octanol–water partition coefficient (Wildman–Crippen LogP) is 2.51. The first-order chi connectivity index (χ1) is 13.2. The fourth-order valence-corrected chi connectivity index (χ4v) is 4.19. The average molecular weight is 365 g/mol. The number of pyridine rings is 1. The molecule has 2 bridgehead atoms. The van der Waals surface area contributed by atoms with Gasteiger partial charge in [0.15, 0.2) is 0 Å². The minimum atomic E-state index is -0.130. The third-order valence-electron chi connectivity index (χ3n) is 5.40. The van der Waals surface area contributed by atoms with Crippen LogP contribution in [0.3, 0.4) is 0 Å². The van der Waals surface area contributed by atoms with Crippen LogP contribution in [0.25, 0.3) is 0 Å². The molecular weight excluding hydrogens is 342 g/mol. The number of nitrogens with one attached hydrogen (secondary N) is 1. The minimum Gasteiger partial charge on any atom is -0.494 e. The molecule has 2 fully saturated rings. The van der Waals surface area contributed by atoms with Crippen molar-refractivity contribution in [3.63, 3.8) is 0 Å². The second kappa shape index (κ2) is 7.39. The van der Waals surface area contributed by atoms with E-state index in [1.54, 1.807) is 24.5 Å². The van der Waals surface area contributed by atoms with Crippen molar-refractivity contribution in [1.29, 1.82) is 0 Å². The van der Waals surface area contributed by atoms with E-state index in [1.165, 1.54) is 0 Å². The van der Waals surface area contributed by atoms with Crippen LogP contribution in [0, 0.1) is 5.92 Å². The third kappa shape index (κ3) is 3.52. The first kappa shape index (κ1) is 17.5. The molecule has 6 nitrogen and oxygen atoms in total. The molecule has 2 heterocycles. The normalized spacial score (nSPS) is 23.3. The number of ether oxygens (including phenoxy) is 1. The van der Waals surface area contributed by atoms with Crippen molar-refractivity contribution in [3.05, 3.63) is 59.9 Å². The largest absolute Gasteiger partial charge is 0.494 e. The molecule has 0 radical (unpaired) electrons. The third-order valence-corrected chi connectivity index (χ3v) is 5.40. The lowest BCUT2D eigenvalue weighted by molar-refractivity contribution is 0.0648. The van der Waals surface area contributed by atoms with Gasteiger partial charge in [-0.1, -0.05) is 0 Å². The maximum atomic E-state index is 13.0. The highest BCUT2D eigenvalue weighted by molar-refractivity contribution is 5.96. The number of hydrogen-bond acceptors (Lipinski definition) is 4. The molecule has 1 aliphatic heterocycles. The summed E-state index contributed by atoms with van der Waals surface area (Å²) in [5, 5.41) is 3.10. The van der Waals surface area contributed by atoms with Crippen molar-refractivity contribution in [2.45, 2.75) is 31.8 Å². The lowest BCUT2D eigenvalue weighted by Crippen LogP contribution is -2.51. The Morgan fingerprint density at radius 1 is 1.19 bits per heavy atom. The topological polar surface area (TPSA) is 71.5 Å². The van der Waals surface area contributed by atoms with Crippen LogP contribution in [0.15, 0.2) is 48.8 Å². The smallest absolute Gasteiger partial charge is 0.254 e. The van der Waals surface area contributed by atoms with E-state index in [2.05, 4.69) is 10.3 Å². The van der Waals surface area contributed by atoms with E-state index >= 15 is 0 Å². The number of aromatic nitrogens is 1. The Morgan fingerprint density at radius 2 is 2.00 bits per heavy atom. The van der Waals surface area contributed by atoms with Gasteiger partial charge in [0.05, 0.1) is 18.2 Å². The van der Waals surface area contributed by atoms with Gasteiger partial charge in [-0.05, 0) is 62.1 Å². The van der Waals surface area contributed by atoms with Gasteiger partial charge in [0.25, 0.3) is 11.8 Å². The lowest BCUT2D eigenvalue weighted by Gasteiger charge is -2.33. The van der Waals surface area contributed by atoms with Crippen LogP contribution in [0.2, 0.25) is 0 Å². The van der Waals surface area contributed by atoms with E-state index in [9.17, 15) is 9.59 Å². The summed E-state index contributed by atoms with van der Waals surface area (Å²) in [4.78, 5) is 31.3. The monoisotopic (exact) mass is 365 g/mol. The lowest BCUT2D eigenvalue weighted by atomic mass is 10.0. The van der Waals surface area contributed by atoms with Crippen LogP contribution >= 0.6 is 0 Å². The summed E-state index contributed by atoms with van der Waals surface area (Å²) in [6, 6.07) is 10.8. The summed E-state index contributed by atoms with van der Waals surface area (Å²) in [5.74, 6) is 1.10. The van der Waals surface area contributed by atoms with Crippen LogP contribution in [0.4, 0.5) is 0 Å². The number of rotatable bonds is 5. The van der Waals surface area contributed by atoms with Crippen LogP contribution in [-0.2, 0) is 0 Å². The Kier molecular flexibility index (Phi) is 4.79. The summed E-state index contributed by atoms with van der Waals surface area (Å²) in [7, 11) is 0. The summed E-state index contributed by atoms with van der Waals surface area (Å²) in [5.41, 5.74) is 1.20. The van der Waals surface area contributed by atoms with Gasteiger partial charge in [-0.3, -0.25) is 14.6 Å². The number of fused-ring (bicyclic) bond motifs is 2. The number of likely N-dealkylation sites (tertiary alicyclic amines) is 1. The minimum absolute atomic E-state index is 0.0110. The second-order valence-corrected chi connectivity index (χ2v) is 7.14. The molecule has 4 rings (SSSR count). The summed E-state index contributed by atoms with van der Waals surface area (Å²) >= 11 is 0. The van der Waals surface area contributed by atoms with Crippen molar-refractivity contribution in [2.24, 2.45) is 5.92 Å². The van der Waals surface area contributed by atoms with Gasteiger partial charge in [0.1, 0.15) is 5.75 Å². The zero-order chi connectivity index (χ0) is 18.8. The Hall–Kier alpha value is -2.89. The molecule has 0 spiro atoms. The van der Waals surface area contributed by atoms with E-state index in [4.69, 9.17) is 4.74 Å². The zero-order valence-corrected chi connectivity index (χ0v) is 15.3. The zero-order valence-electron chi connectivity index (χ0n) is 15.3. The number of hydrogen-bond donors (Lipinski definition) is 1. The Morgan fingerprint density at radius 3 is 2.67 bits per heavy atom. The second-order valence-electron chi connectivity index (χ2n) is 7.14. The van der Waals surface area contributed by atoms with E-state index in [0.29, 0.717) is 23.7 Å². The number of carbonyl (C=O) groups is 2. The molecule has 0 unspecified atom stereocenters. The molecule has 1 aliphatic carbocycles. The van der Waals surface area contributed by atoms with Crippen molar-refractivity contribution < 1.29 is 14.3 Å². The molecule has 6 heteroatoms. The van der Waals surface area contributed by atoms with Crippen molar-refractivity contribution in [3.8, 4) is 5.75 Å². The molecule has 1 aromatic heterocycles. The Labute approximate surface area is 158 Å². The number of nitrogens with zero attached hydrogens (tertiary/aromatic N) is 2. The first-order valence-corrected chi connectivity index (χ1v) is 9.40. The van der Waals surface area contributed by atoms with Crippen LogP contribution in [-0.4, -0.2) is 46.9 Å². The Bertz CT molecular complexity index is 822. The van der Waals surface area contributed by atoms with E-state index in [-0.39, 0.29) is 23.9 Å². The van der Waals surface area contributed by atoms with Gasteiger partial charge in [-0.25, -0.2) is 0 Å². The molecule has 1 saturated heterocycles. The number of benzene rings is 1. The number of carbonyl (C=O) groups excluding carboxylic acids is 2. The highest BCUT2D eigenvalue weighted by Crippen LogP contribution is 2.38. The Balaban J connectivity index is 1.44. The van der Waals surface area contributed by atoms with Crippen molar-refractivity contribution in [1.82, 2.24) is 15.2 Å². The van der Waals surface area contributed by atoms with Crippen molar-refractivity contribution in [2.75, 3.05) is 13.2 Å². The van der Waals surface area contributed by atoms with E-state index in [1.807, 2.05) is 36.1 Å². The summed E-state index contributed by atoms with van der Waals surface area (Å²) in [6.45, 7) is 3.29. The summed E-state index contributed by atoms with van der Waals surface area (Å²) < 4.78 is 5.44. The van der Waals surface area contributed by atoms with Gasteiger partial charge in [0.2, 0.25) is 0 Å². The summed E-state index contributed by atoms with van der Waals surface area (Å²) in [6.07, 6.45) is 5.07. The molecule has 2 amide bonds. The van der Waals surface area contributed by atoms with Crippen LogP contribution in [0.1, 0.15) is 40.5 Å². The van der Waals surface area contributed by atoms with E-state index < -0.39 is 0 Å². The number of amides is 2. The molecule has 2 aromatic rings. The fraction of sp³-hybridized carbons (Fsp3) is 0.381. The fourth-order valence-electron chi connectivity index (χ4n) is 4.19. The van der Waals surface area contributed by atoms with E-state index in [0.717, 1.165) is 25.1 Å². The molecule has 1 N–H and O–H groups in total. The maximum absolute atomic E-state index is 13.0. The molecule has 3 atom stereocenters. The van der Waals surface area contributed by atoms with Crippen molar-refractivity contribution >= 4 is 11.8 Å². The molecule has 2 aliphatic rings. The molecule has 27 heavy (non-hydrogen) atoms. The SMILES string of the molecule is CCOc1ccc(C(=O)N2C[C@@H]3C[C@H](NC(=O)c4cccnc4)[C@H]2C3)cc1. The molecular formula is C21H23N3O3. The van der Waals surface area contributed by atoms with Gasteiger partial charge in [-0.2, -0.15) is 0 Å². The molecule has 1 saturated carbocycles. The van der Waals surface area contributed by atoms with Gasteiger partial charge < -0.3 is 15.0 Å². The highest BCUT2D eigenvalue weighted by atomic mass is 16.5. The van der Waals surface area contributed by atoms with Gasteiger partial charge in [-0.15, -0.1) is 0 Å².